The normalized spacial score (nSPS) is 10.4. The van der Waals surface area contributed by atoms with Gasteiger partial charge in [0.25, 0.3) is 5.69 Å². The van der Waals surface area contributed by atoms with Crippen molar-refractivity contribution in [3.63, 3.8) is 0 Å². The minimum Gasteiger partial charge on any atom is -0.258 e. The summed E-state index contributed by atoms with van der Waals surface area (Å²) in [6.07, 6.45) is 0. The number of non-ortho nitro benzene ring substituents is 1. The largest absolute Gasteiger partial charge is 0.270 e. The highest BCUT2D eigenvalue weighted by Gasteiger charge is 2.13. The summed E-state index contributed by atoms with van der Waals surface area (Å²) < 4.78 is 0. The Morgan fingerprint density at radius 3 is 1.74 bits per heavy atom. The van der Waals surface area contributed by atoms with Crippen molar-refractivity contribution in [3.8, 4) is 0 Å². The Morgan fingerprint density at radius 1 is 0.696 bits per heavy atom. The van der Waals surface area contributed by atoms with Crippen LogP contribution in [0.3, 0.4) is 0 Å². The lowest BCUT2D eigenvalue weighted by Gasteiger charge is -2.09. The second-order valence-electron chi connectivity index (χ2n) is 4.72. The van der Waals surface area contributed by atoms with Gasteiger partial charge in [0.2, 0.25) is 0 Å². The summed E-state index contributed by atoms with van der Waals surface area (Å²) >= 11 is 3.15. The first kappa shape index (κ1) is 15.6. The Bertz CT molecular complexity index is 808. The van der Waals surface area contributed by atoms with Gasteiger partial charge < -0.3 is 0 Å². The van der Waals surface area contributed by atoms with Crippen molar-refractivity contribution in [2.45, 2.75) is 19.6 Å². The van der Waals surface area contributed by atoms with Crippen LogP contribution in [0.25, 0.3) is 0 Å². The first-order valence-corrected chi connectivity index (χ1v) is 8.60. The van der Waals surface area contributed by atoms with Gasteiger partial charge in [0, 0.05) is 31.7 Å². The third-order valence-corrected chi connectivity index (χ3v) is 5.36. The average molecular weight is 339 g/mol. The highest BCUT2D eigenvalue weighted by Crippen LogP contribution is 2.40. The van der Waals surface area contributed by atoms with Crippen LogP contribution in [-0.4, -0.2) is 4.92 Å². The van der Waals surface area contributed by atoms with Gasteiger partial charge >= 0.3 is 0 Å². The van der Waals surface area contributed by atoms with E-state index in [-0.39, 0.29) is 10.6 Å². The van der Waals surface area contributed by atoms with Gasteiger partial charge in [0.05, 0.1) is 4.92 Å². The SMILES string of the molecule is O=[N+]([O-])c1ccc(Sc2ccccc2)c(Sc2ccccc2)c1. The lowest BCUT2D eigenvalue weighted by molar-refractivity contribution is -0.385. The molecule has 0 saturated carbocycles. The topological polar surface area (TPSA) is 43.1 Å². The fraction of sp³-hybridized carbons (Fsp3) is 0. The molecule has 23 heavy (non-hydrogen) atoms. The van der Waals surface area contributed by atoms with Crippen LogP contribution in [0.2, 0.25) is 0 Å². The molecule has 3 aromatic carbocycles. The van der Waals surface area contributed by atoms with E-state index in [2.05, 4.69) is 0 Å². The summed E-state index contributed by atoms with van der Waals surface area (Å²) in [5.74, 6) is 0. The Morgan fingerprint density at radius 2 is 1.22 bits per heavy atom. The average Bonchev–Trinajstić information content (AvgIpc) is 2.58. The molecule has 0 radical (unpaired) electrons. The van der Waals surface area contributed by atoms with Crippen molar-refractivity contribution >= 4 is 29.2 Å². The summed E-state index contributed by atoms with van der Waals surface area (Å²) in [6, 6.07) is 24.9. The Balaban J connectivity index is 1.95. The molecule has 3 rings (SSSR count). The zero-order valence-corrected chi connectivity index (χ0v) is 13.7. The zero-order chi connectivity index (χ0) is 16.1. The monoisotopic (exact) mass is 339 g/mol. The van der Waals surface area contributed by atoms with Gasteiger partial charge in [-0.25, -0.2) is 0 Å². The number of rotatable bonds is 5. The number of nitro groups is 1. The highest BCUT2D eigenvalue weighted by atomic mass is 32.2. The number of benzene rings is 3. The van der Waals surface area contributed by atoms with Gasteiger partial charge in [-0.1, -0.05) is 59.9 Å². The smallest absolute Gasteiger partial charge is 0.258 e. The first-order valence-electron chi connectivity index (χ1n) is 6.96. The molecular formula is C18H13NO2S2. The summed E-state index contributed by atoms with van der Waals surface area (Å²) in [6.45, 7) is 0. The summed E-state index contributed by atoms with van der Waals surface area (Å²) in [5.41, 5.74) is 0.112. The predicted molar refractivity (Wildman–Crippen MR) is 94.2 cm³/mol. The molecule has 0 aliphatic carbocycles. The minimum absolute atomic E-state index is 0.112. The van der Waals surface area contributed by atoms with Gasteiger partial charge in [-0.05, 0) is 30.3 Å². The quantitative estimate of drug-likeness (QED) is 0.429. The van der Waals surface area contributed by atoms with E-state index >= 15 is 0 Å². The lowest BCUT2D eigenvalue weighted by Crippen LogP contribution is -1.89. The van der Waals surface area contributed by atoms with E-state index in [1.807, 2.05) is 66.7 Å². The van der Waals surface area contributed by atoms with Crippen LogP contribution in [0.15, 0.2) is 98.4 Å². The summed E-state index contributed by atoms with van der Waals surface area (Å²) in [4.78, 5) is 14.8. The molecule has 3 nitrogen and oxygen atoms in total. The van der Waals surface area contributed by atoms with Crippen LogP contribution < -0.4 is 0 Å². The fourth-order valence-electron chi connectivity index (χ4n) is 2.01. The van der Waals surface area contributed by atoms with E-state index in [0.717, 1.165) is 19.6 Å². The maximum atomic E-state index is 11.1. The molecule has 0 aliphatic heterocycles. The molecule has 0 saturated heterocycles. The van der Waals surface area contributed by atoms with Crippen LogP contribution in [0.1, 0.15) is 0 Å². The molecule has 0 atom stereocenters. The van der Waals surface area contributed by atoms with Crippen LogP contribution >= 0.6 is 23.5 Å². The molecule has 5 heteroatoms. The lowest BCUT2D eigenvalue weighted by atomic mass is 10.3. The number of hydrogen-bond acceptors (Lipinski definition) is 4. The van der Waals surface area contributed by atoms with Crippen molar-refractivity contribution in [1.82, 2.24) is 0 Å². The van der Waals surface area contributed by atoms with Gasteiger partial charge in [-0.3, -0.25) is 10.1 Å². The number of hydrogen-bond donors (Lipinski definition) is 0. The maximum Gasteiger partial charge on any atom is 0.270 e. The van der Waals surface area contributed by atoms with Crippen molar-refractivity contribution < 1.29 is 4.92 Å². The molecule has 0 unspecified atom stereocenters. The van der Waals surface area contributed by atoms with Crippen LogP contribution in [0.4, 0.5) is 5.69 Å². The molecule has 0 aromatic heterocycles. The third kappa shape index (κ3) is 4.15. The zero-order valence-electron chi connectivity index (χ0n) is 12.1. The Kier molecular flexibility index (Phi) is 5.00. The van der Waals surface area contributed by atoms with Crippen molar-refractivity contribution in [1.29, 1.82) is 0 Å². The minimum atomic E-state index is -0.355. The van der Waals surface area contributed by atoms with Gasteiger partial charge in [-0.2, -0.15) is 0 Å². The van der Waals surface area contributed by atoms with Crippen LogP contribution in [0.5, 0.6) is 0 Å². The Hall–Kier alpha value is -2.24. The van der Waals surface area contributed by atoms with E-state index in [4.69, 9.17) is 0 Å². The molecule has 0 heterocycles. The van der Waals surface area contributed by atoms with Gasteiger partial charge in [-0.15, -0.1) is 0 Å². The second-order valence-corrected chi connectivity index (χ2v) is 6.95. The summed E-state index contributed by atoms with van der Waals surface area (Å²) in [5, 5.41) is 11.1. The van der Waals surface area contributed by atoms with E-state index in [9.17, 15) is 10.1 Å². The molecule has 0 spiro atoms. The standard InChI is InChI=1S/C18H13NO2S2/c20-19(21)14-11-12-17(22-15-7-3-1-4-8-15)18(13-14)23-16-9-5-2-6-10-16/h1-13H. The van der Waals surface area contributed by atoms with Crippen LogP contribution in [0, 0.1) is 10.1 Å². The maximum absolute atomic E-state index is 11.1. The van der Waals surface area contributed by atoms with E-state index in [0.29, 0.717) is 0 Å². The molecule has 3 aromatic rings. The van der Waals surface area contributed by atoms with Crippen molar-refractivity contribution in [2.75, 3.05) is 0 Å². The molecular weight excluding hydrogens is 326 g/mol. The highest BCUT2D eigenvalue weighted by molar-refractivity contribution is 8.02. The van der Waals surface area contributed by atoms with E-state index in [1.165, 1.54) is 11.8 Å². The van der Waals surface area contributed by atoms with Gasteiger partial charge in [0.15, 0.2) is 0 Å². The van der Waals surface area contributed by atoms with E-state index in [1.54, 1.807) is 23.9 Å². The number of nitrogens with zero attached hydrogens (tertiary/aromatic N) is 1. The summed E-state index contributed by atoms with van der Waals surface area (Å²) in [7, 11) is 0. The molecule has 0 N–H and O–H groups in total. The molecule has 114 valence electrons. The molecule has 0 aliphatic rings. The third-order valence-electron chi connectivity index (χ3n) is 3.08. The molecule has 0 bridgehead atoms. The predicted octanol–water partition coefficient (Wildman–Crippen LogP) is 5.90. The van der Waals surface area contributed by atoms with Crippen LogP contribution in [-0.2, 0) is 0 Å². The van der Waals surface area contributed by atoms with E-state index < -0.39 is 0 Å². The van der Waals surface area contributed by atoms with Gasteiger partial charge in [0.1, 0.15) is 0 Å². The fourth-order valence-corrected chi connectivity index (χ4v) is 3.99. The molecule has 0 amide bonds. The first-order chi connectivity index (χ1) is 11.2. The second kappa shape index (κ2) is 7.35. The Labute approximate surface area is 142 Å². The number of nitro benzene ring substituents is 1. The van der Waals surface area contributed by atoms with Crippen molar-refractivity contribution in [2.24, 2.45) is 0 Å². The van der Waals surface area contributed by atoms with Crippen molar-refractivity contribution in [3.05, 3.63) is 89.0 Å². The molecule has 0 fully saturated rings.